The van der Waals surface area contributed by atoms with Crippen LogP contribution in [-0.2, 0) is 4.74 Å². The molecule has 0 N–H and O–H groups in total. The standard InChI is InChI=1S/C8H16NO/c1-9-6-3-4-8(9)5-7-10-2/h6,8H,3-5,7H2,1-2H3. The van der Waals surface area contributed by atoms with Crippen LogP contribution in [0.1, 0.15) is 19.3 Å². The van der Waals surface area contributed by atoms with Crippen molar-refractivity contribution in [1.29, 1.82) is 0 Å². The lowest BCUT2D eigenvalue weighted by molar-refractivity contribution is 0.167. The summed E-state index contributed by atoms with van der Waals surface area (Å²) >= 11 is 0. The molecule has 0 aliphatic carbocycles. The Morgan fingerprint density at radius 2 is 2.50 bits per heavy atom. The molecule has 1 heterocycles. The number of hydrogen-bond acceptors (Lipinski definition) is 2. The third kappa shape index (κ3) is 1.96. The summed E-state index contributed by atoms with van der Waals surface area (Å²) in [6, 6.07) is 0.736. The van der Waals surface area contributed by atoms with Gasteiger partial charge >= 0.3 is 0 Å². The van der Waals surface area contributed by atoms with Crippen LogP contribution in [0.15, 0.2) is 0 Å². The van der Waals surface area contributed by atoms with E-state index in [2.05, 4.69) is 18.5 Å². The molecule has 1 rings (SSSR count). The second kappa shape index (κ2) is 3.94. The predicted molar refractivity (Wildman–Crippen MR) is 41.6 cm³/mol. The fraction of sp³-hybridized carbons (Fsp3) is 0.875. The Bertz CT molecular complexity index is 95.3. The molecule has 1 saturated heterocycles. The molecule has 0 bridgehead atoms. The Balaban J connectivity index is 2.14. The highest BCUT2D eigenvalue weighted by atomic mass is 16.5. The lowest BCUT2D eigenvalue weighted by Gasteiger charge is -2.17. The topological polar surface area (TPSA) is 12.5 Å². The molecule has 2 heteroatoms. The van der Waals surface area contributed by atoms with Crippen molar-refractivity contribution < 1.29 is 4.74 Å². The quantitative estimate of drug-likeness (QED) is 0.588. The minimum atomic E-state index is 0.736. The highest BCUT2D eigenvalue weighted by molar-refractivity contribution is 4.83. The van der Waals surface area contributed by atoms with Gasteiger partial charge in [-0.3, -0.25) is 4.90 Å². The van der Waals surface area contributed by atoms with E-state index in [9.17, 15) is 0 Å². The highest BCUT2D eigenvalue weighted by Crippen LogP contribution is 2.20. The fourth-order valence-electron chi connectivity index (χ4n) is 1.43. The largest absolute Gasteiger partial charge is 0.385 e. The maximum Gasteiger partial charge on any atom is 0.0477 e. The SMILES string of the molecule is COCCC1CC[CH]N1C. The summed E-state index contributed by atoms with van der Waals surface area (Å²) in [6.45, 7) is 3.16. The predicted octanol–water partition coefficient (Wildman–Crippen LogP) is 1.28. The molecule has 0 aromatic heterocycles. The van der Waals surface area contributed by atoms with E-state index in [1.807, 2.05) is 0 Å². The number of ether oxygens (including phenoxy) is 1. The Kier molecular flexibility index (Phi) is 3.16. The van der Waals surface area contributed by atoms with Crippen molar-refractivity contribution in [3.8, 4) is 0 Å². The van der Waals surface area contributed by atoms with E-state index in [-0.39, 0.29) is 0 Å². The van der Waals surface area contributed by atoms with Crippen LogP contribution in [0.3, 0.4) is 0 Å². The first-order chi connectivity index (χ1) is 4.84. The van der Waals surface area contributed by atoms with Crippen LogP contribution in [0.2, 0.25) is 0 Å². The van der Waals surface area contributed by atoms with E-state index in [4.69, 9.17) is 4.74 Å². The van der Waals surface area contributed by atoms with Gasteiger partial charge in [0.15, 0.2) is 0 Å². The van der Waals surface area contributed by atoms with E-state index in [1.165, 1.54) is 19.3 Å². The molecular weight excluding hydrogens is 126 g/mol. The van der Waals surface area contributed by atoms with Crippen molar-refractivity contribution in [3.63, 3.8) is 0 Å². The zero-order valence-corrected chi connectivity index (χ0v) is 6.84. The Hall–Kier alpha value is -0.0800. The van der Waals surface area contributed by atoms with Crippen LogP contribution in [0, 0.1) is 6.54 Å². The monoisotopic (exact) mass is 142 g/mol. The number of hydrogen-bond donors (Lipinski definition) is 0. The summed E-state index contributed by atoms with van der Waals surface area (Å²) in [6.07, 6.45) is 3.72. The Morgan fingerprint density at radius 1 is 1.70 bits per heavy atom. The molecule has 2 nitrogen and oxygen atoms in total. The minimum Gasteiger partial charge on any atom is -0.385 e. The third-order valence-corrected chi connectivity index (χ3v) is 2.15. The molecule has 0 spiro atoms. The van der Waals surface area contributed by atoms with Crippen molar-refractivity contribution in [3.05, 3.63) is 6.54 Å². The lowest BCUT2D eigenvalue weighted by Crippen LogP contribution is -2.23. The second-order valence-corrected chi connectivity index (χ2v) is 2.86. The molecule has 1 radical (unpaired) electrons. The maximum absolute atomic E-state index is 5.01. The summed E-state index contributed by atoms with van der Waals surface area (Å²) in [5, 5.41) is 0. The highest BCUT2D eigenvalue weighted by Gasteiger charge is 2.19. The number of nitrogens with zero attached hydrogens (tertiary/aromatic N) is 1. The molecule has 0 saturated carbocycles. The van der Waals surface area contributed by atoms with E-state index in [0.29, 0.717) is 0 Å². The maximum atomic E-state index is 5.01. The van der Waals surface area contributed by atoms with Crippen LogP contribution in [0.25, 0.3) is 0 Å². The molecule has 1 unspecified atom stereocenters. The van der Waals surface area contributed by atoms with Gasteiger partial charge in [-0.2, -0.15) is 0 Å². The van der Waals surface area contributed by atoms with Gasteiger partial charge in [-0.1, -0.05) is 0 Å². The molecule has 10 heavy (non-hydrogen) atoms. The van der Waals surface area contributed by atoms with Crippen LogP contribution < -0.4 is 0 Å². The average Bonchev–Trinajstić information content (AvgIpc) is 2.31. The minimum absolute atomic E-state index is 0.736. The summed E-state index contributed by atoms with van der Waals surface area (Å²) in [5.74, 6) is 0. The summed E-state index contributed by atoms with van der Waals surface area (Å²) in [7, 11) is 3.91. The van der Waals surface area contributed by atoms with Gasteiger partial charge < -0.3 is 4.74 Å². The van der Waals surface area contributed by atoms with Gasteiger partial charge in [0.1, 0.15) is 0 Å². The molecule has 1 aliphatic rings. The van der Waals surface area contributed by atoms with Gasteiger partial charge in [-0.05, 0) is 26.3 Å². The van der Waals surface area contributed by atoms with Gasteiger partial charge in [0.25, 0.3) is 0 Å². The van der Waals surface area contributed by atoms with Crippen LogP contribution in [-0.4, -0.2) is 31.7 Å². The lowest BCUT2D eigenvalue weighted by atomic mass is 10.2. The van der Waals surface area contributed by atoms with Gasteiger partial charge in [0, 0.05) is 26.3 Å². The molecule has 0 aromatic rings. The summed E-state index contributed by atoms with van der Waals surface area (Å²) in [4.78, 5) is 2.30. The van der Waals surface area contributed by atoms with Crippen molar-refractivity contribution in [2.45, 2.75) is 25.3 Å². The first-order valence-corrected chi connectivity index (χ1v) is 3.89. The normalized spacial score (nSPS) is 27.6. The van der Waals surface area contributed by atoms with Crippen molar-refractivity contribution in [1.82, 2.24) is 4.90 Å². The zero-order chi connectivity index (χ0) is 7.40. The Morgan fingerprint density at radius 3 is 3.00 bits per heavy atom. The van der Waals surface area contributed by atoms with Crippen LogP contribution >= 0.6 is 0 Å². The number of rotatable bonds is 3. The third-order valence-electron chi connectivity index (χ3n) is 2.15. The number of methoxy groups -OCH3 is 1. The second-order valence-electron chi connectivity index (χ2n) is 2.86. The van der Waals surface area contributed by atoms with Crippen LogP contribution in [0.5, 0.6) is 0 Å². The summed E-state index contributed by atoms with van der Waals surface area (Å²) < 4.78 is 5.01. The van der Waals surface area contributed by atoms with Crippen LogP contribution in [0.4, 0.5) is 0 Å². The molecule has 1 fully saturated rings. The van der Waals surface area contributed by atoms with Crippen molar-refractivity contribution in [2.75, 3.05) is 20.8 Å². The van der Waals surface area contributed by atoms with E-state index in [0.717, 1.165) is 12.6 Å². The fourth-order valence-corrected chi connectivity index (χ4v) is 1.43. The molecule has 59 valence electrons. The molecule has 1 atom stereocenters. The van der Waals surface area contributed by atoms with E-state index in [1.54, 1.807) is 7.11 Å². The first kappa shape index (κ1) is 8.02. The average molecular weight is 142 g/mol. The molecular formula is C8H16NO. The Labute approximate surface area is 63.2 Å². The summed E-state index contributed by atoms with van der Waals surface area (Å²) in [5.41, 5.74) is 0. The molecule has 0 amide bonds. The van der Waals surface area contributed by atoms with Crippen molar-refractivity contribution >= 4 is 0 Å². The number of likely N-dealkylation sites (tertiary alicyclic amines) is 1. The van der Waals surface area contributed by atoms with Gasteiger partial charge in [-0.15, -0.1) is 0 Å². The smallest absolute Gasteiger partial charge is 0.0477 e. The van der Waals surface area contributed by atoms with Gasteiger partial charge in [-0.25, -0.2) is 0 Å². The molecule has 0 aromatic carbocycles. The zero-order valence-electron chi connectivity index (χ0n) is 6.84. The van der Waals surface area contributed by atoms with E-state index < -0.39 is 0 Å². The van der Waals surface area contributed by atoms with Gasteiger partial charge in [0.05, 0.1) is 0 Å². The van der Waals surface area contributed by atoms with Gasteiger partial charge in [0.2, 0.25) is 0 Å². The van der Waals surface area contributed by atoms with E-state index >= 15 is 0 Å². The molecule has 1 aliphatic heterocycles. The van der Waals surface area contributed by atoms with Crippen molar-refractivity contribution in [2.24, 2.45) is 0 Å². The first-order valence-electron chi connectivity index (χ1n) is 3.89.